The van der Waals surface area contributed by atoms with Crippen LogP contribution in [0, 0.1) is 0 Å². The topological polar surface area (TPSA) is 62.1 Å². The predicted molar refractivity (Wildman–Crippen MR) is 73.1 cm³/mol. The molecule has 2 aromatic heterocycles. The highest BCUT2D eigenvalue weighted by atomic mass is 19.4. The summed E-state index contributed by atoms with van der Waals surface area (Å²) in [6, 6.07) is 4.03. The highest BCUT2D eigenvalue weighted by molar-refractivity contribution is 5.57. The number of aliphatic hydroxyl groups is 1. The third kappa shape index (κ3) is 3.01. The largest absolute Gasteiger partial charge is 0.433 e. The van der Waals surface area contributed by atoms with Crippen LogP contribution < -0.4 is 4.90 Å². The zero-order valence-corrected chi connectivity index (χ0v) is 11.5. The van der Waals surface area contributed by atoms with Crippen LogP contribution in [0.2, 0.25) is 0 Å². The molecule has 22 heavy (non-hydrogen) atoms. The van der Waals surface area contributed by atoms with Gasteiger partial charge in [0.2, 0.25) is 0 Å². The second-order valence-corrected chi connectivity index (χ2v) is 5.06. The number of nitrogens with zero attached hydrogens (tertiary/aromatic N) is 4. The number of pyridine rings is 1. The lowest BCUT2D eigenvalue weighted by atomic mass is 10.2. The van der Waals surface area contributed by atoms with Crippen molar-refractivity contribution in [1.82, 2.24) is 15.0 Å². The van der Waals surface area contributed by atoms with Gasteiger partial charge in [0.05, 0.1) is 6.10 Å². The van der Waals surface area contributed by atoms with Crippen LogP contribution in [-0.2, 0) is 6.18 Å². The molecule has 1 fully saturated rings. The molecule has 0 radical (unpaired) electrons. The molecule has 1 N–H and O–H groups in total. The fraction of sp³-hybridized carbons (Fsp3) is 0.357. The standard InChI is InChI=1S/C14H13F3N4O/c15-14(16,17)11-7-12(21-6-3-10(22)8-21)20-13(19-11)9-1-4-18-5-2-9/h1-2,4-5,7,10,22H,3,6,8H2/t10-/m0/s1. The first-order valence-electron chi connectivity index (χ1n) is 6.73. The normalized spacial score (nSPS) is 18.7. The minimum atomic E-state index is -4.56. The van der Waals surface area contributed by atoms with Crippen molar-refractivity contribution in [1.29, 1.82) is 0 Å². The monoisotopic (exact) mass is 310 g/mol. The zero-order valence-electron chi connectivity index (χ0n) is 11.5. The number of hydrogen-bond acceptors (Lipinski definition) is 5. The van der Waals surface area contributed by atoms with Gasteiger partial charge < -0.3 is 10.0 Å². The average molecular weight is 310 g/mol. The Balaban J connectivity index is 2.06. The van der Waals surface area contributed by atoms with E-state index in [1.807, 2.05) is 0 Å². The molecular formula is C14H13F3N4O. The molecule has 8 heteroatoms. The van der Waals surface area contributed by atoms with Crippen molar-refractivity contribution in [2.75, 3.05) is 18.0 Å². The molecule has 0 amide bonds. The number of alkyl halides is 3. The summed E-state index contributed by atoms with van der Waals surface area (Å²) in [5.41, 5.74) is -0.534. The Morgan fingerprint density at radius 1 is 1.18 bits per heavy atom. The fourth-order valence-electron chi connectivity index (χ4n) is 2.32. The lowest BCUT2D eigenvalue weighted by molar-refractivity contribution is -0.141. The van der Waals surface area contributed by atoms with E-state index in [9.17, 15) is 18.3 Å². The zero-order chi connectivity index (χ0) is 15.7. The van der Waals surface area contributed by atoms with E-state index in [0.29, 0.717) is 18.5 Å². The van der Waals surface area contributed by atoms with Crippen LogP contribution in [0.15, 0.2) is 30.6 Å². The molecule has 0 saturated carbocycles. The Bertz CT molecular complexity index is 663. The van der Waals surface area contributed by atoms with Crippen molar-refractivity contribution in [3.8, 4) is 11.4 Å². The van der Waals surface area contributed by atoms with Gasteiger partial charge in [0.25, 0.3) is 0 Å². The van der Waals surface area contributed by atoms with Crippen molar-refractivity contribution < 1.29 is 18.3 Å². The number of anilines is 1. The van der Waals surface area contributed by atoms with E-state index in [-0.39, 0.29) is 18.2 Å². The summed E-state index contributed by atoms with van der Waals surface area (Å²) < 4.78 is 39.2. The van der Waals surface area contributed by atoms with Crippen LogP contribution in [0.1, 0.15) is 12.1 Å². The lowest BCUT2D eigenvalue weighted by Crippen LogP contribution is -2.23. The quantitative estimate of drug-likeness (QED) is 0.920. The maximum absolute atomic E-state index is 13.1. The third-order valence-electron chi connectivity index (χ3n) is 3.43. The minimum Gasteiger partial charge on any atom is -0.391 e. The number of aromatic nitrogens is 3. The molecule has 5 nitrogen and oxygen atoms in total. The summed E-state index contributed by atoms with van der Waals surface area (Å²) in [6.07, 6.45) is -1.65. The predicted octanol–water partition coefficient (Wildman–Crippen LogP) is 2.13. The molecule has 0 aromatic carbocycles. The average Bonchev–Trinajstić information content (AvgIpc) is 2.93. The van der Waals surface area contributed by atoms with Gasteiger partial charge in [-0.15, -0.1) is 0 Å². The molecule has 0 spiro atoms. The van der Waals surface area contributed by atoms with Gasteiger partial charge in [0.15, 0.2) is 11.5 Å². The maximum Gasteiger partial charge on any atom is 0.433 e. The van der Waals surface area contributed by atoms with E-state index in [0.717, 1.165) is 6.07 Å². The molecule has 116 valence electrons. The Morgan fingerprint density at radius 3 is 2.50 bits per heavy atom. The van der Waals surface area contributed by atoms with Gasteiger partial charge in [-0.1, -0.05) is 0 Å². The number of aliphatic hydroxyl groups excluding tert-OH is 1. The van der Waals surface area contributed by atoms with Gasteiger partial charge in [-0.2, -0.15) is 13.2 Å². The molecule has 3 heterocycles. The first-order chi connectivity index (χ1) is 10.4. The highest BCUT2D eigenvalue weighted by Crippen LogP contribution is 2.32. The van der Waals surface area contributed by atoms with Gasteiger partial charge in [-0.25, -0.2) is 9.97 Å². The van der Waals surface area contributed by atoms with Crippen LogP contribution in [0.3, 0.4) is 0 Å². The van der Waals surface area contributed by atoms with Gasteiger partial charge in [0.1, 0.15) is 5.82 Å². The Morgan fingerprint density at radius 2 is 1.91 bits per heavy atom. The van der Waals surface area contributed by atoms with E-state index < -0.39 is 18.0 Å². The van der Waals surface area contributed by atoms with Crippen LogP contribution in [0.5, 0.6) is 0 Å². The van der Waals surface area contributed by atoms with Crippen LogP contribution in [-0.4, -0.2) is 39.3 Å². The van der Waals surface area contributed by atoms with Crippen molar-refractivity contribution in [3.63, 3.8) is 0 Å². The van der Waals surface area contributed by atoms with E-state index in [1.54, 1.807) is 17.0 Å². The van der Waals surface area contributed by atoms with Gasteiger partial charge >= 0.3 is 6.18 Å². The van der Waals surface area contributed by atoms with E-state index in [4.69, 9.17) is 0 Å². The van der Waals surface area contributed by atoms with E-state index >= 15 is 0 Å². The van der Waals surface area contributed by atoms with Crippen LogP contribution >= 0.6 is 0 Å². The van der Waals surface area contributed by atoms with Crippen molar-refractivity contribution >= 4 is 5.82 Å². The SMILES string of the molecule is O[C@H]1CCN(c2cc(C(F)(F)F)nc(-c3ccncc3)n2)C1. The summed E-state index contributed by atoms with van der Waals surface area (Å²) in [6.45, 7) is 0.732. The lowest BCUT2D eigenvalue weighted by Gasteiger charge is -2.19. The molecule has 1 aliphatic heterocycles. The Kier molecular flexibility index (Phi) is 3.69. The number of hydrogen-bond donors (Lipinski definition) is 1. The molecule has 0 aliphatic carbocycles. The maximum atomic E-state index is 13.1. The molecule has 1 aliphatic rings. The Hall–Kier alpha value is -2.22. The first-order valence-corrected chi connectivity index (χ1v) is 6.73. The van der Waals surface area contributed by atoms with E-state index in [1.165, 1.54) is 12.4 Å². The number of rotatable bonds is 2. The van der Waals surface area contributed by atoms with Crippen molar-refractivity contribution in [2.45, 2.75) is 18.7 Å². The second-order valence-electron chi connectivity index (χ2n) is 5.06. The molecule has 1 atom stereocenters. The number of halogens is 3. The minimum absolute atomic E-state index is 0.00591. The van der Waals surface area contributed by atoms with Gasteiger partial charge in [-0.3, -0.25) is 4.98 Å². The van der Waals surface area contributed by atoms with Crippen molar-refractivity contribution in [3.05, 3.63) is 36.3 Å². The van der Waals surface area contributed by atoms with Crippen LogP contribution in [0.4, 0.5) is 19.0 Å². The summed E-state index contributed by atoms with van der Waals surface area (Å²) in [7, 11) is 0. The van der Waals surface area contributed by atoms with Gasteiger partial charge in [-0.05, 0) is 18.6 Å². The fourth-order valence-corrected chi connectivity index (χ4v) is 2.32. The van der Waals surface area contributed by atoms with Gasteiger partial charge in [0, 0.05) is 37.1 Å². The summed E-state index contributed by atoms with van der Waals surface area (Å²) in [5.74, 6) is 0.166. The second kappa shape index (κ2) is 5.53. The molecule has 1 saturated heterocycles. The number of β-amino-alcohol motifs (C(OH)–C–C–N with tert-alkyl or cyclic N) is 1. The molecule has 2 aromatic rings. The molecule has 3 rings (SSSR count). The smallest absolute Gasteiger partial charge is 0.391 e. The molecule has 0 bridgehead atoms. The van der Waals surface area contributed by atoms with Crippen molar-refractivity contribution in [2.24, 2.45) is 0 Å². The van der Waals surface area contributed by atoms with E-state index in [2.05, 4.69) is 15.0 Å². The third-order valence-corrected chi connectivity index (χ3v) is 3.43. The summed E-state index contributed by atoms with van der Waals surface area (Å²) in [4.78, 5) is 13.3. The highest BCUT2D eigenvalue weighted by Gasteiger charge is 2.35. The summed E-state index contributed by atoms with van der Waals surface area (Å²) >= 11 is 0. The Labute approximate surface area is 124 Å². The van der Waals surface area contributed by atoms with Crippen LogP contribution in [0.25, 0.3) is 11.4 Å². The summed E-state index contributed by atoms with van der Waals surface area (Å²) in [5, 5.41) is 9.56. The first kappa shape index (κ1) is 14.7. The molecule has 0 unspecified atom stereocenters. The molecular weight excluding hydrogens is 297 g/mol.